The Balaban J connectivity index is 1.70. The fourth-order valence-corrected chi connectivity index (χ4v) is 4.88. The van der Waals surface area contributed by atoms with Gasteiger partial charge < -0.3 is 25.2 Å². The molecule has 0 radical (unpaired) electrons. The van der Waals surface area contributed by atoms with E-state index >= 15 is 0 Å². The van der Waals surface area contributed by atoms with E-state index in [2.05, 4.69) is 10.6 Å². The van der Waals surface area contributed by atoms with Crippen LogP contribution in [0, 0.1) is 0 Å². The first-order valence-corrected chi connectivity index (χ1v) is 13.8. The molecular formula is C31H40N2O7. The van der Waals surface area contributed by atoms with E-state index in [4.69, 9.17) is 9.47 Å². The van der Waals surface area contributed by atoms with E-state index in [1.807, 2.05) is 42.5 Å². The van der Waals surface area contributed by atoms with E-state index in [0.29, 0.717) is 5.92 Å². The summed E-state index contributed by atoms with van der Waals surface area (Å²) in [5, 5.41) is 15.0. The van der Waals surface area contributed by atoms with Crippen molar-refractivity contribution in [3.63, 3.8) is 0 Å². The van der Waals surface area contributed by atoms with Crippen molar-refractivity contribution < 1.29 is 33.8 Å². The summed E-state index contributed by atoms with van der Waals surface area (Å²) in [5.41, 5.74) is 2.05. The lowest BCUT2D eigenvalue weighted by Crippen LogP contribution is -2.52. The van der Waals surface area contributed by atoms with Crippen LogP contribution in [0.25, 0.3) is 0 Å². The Bertz CT molecular complexity index is 1150. The number of carboxylic acid groups (broad SMARTS) is 1. The van der Waals surface area contributed by atoms with Crippen molar-refractivity contribution in [3.8, 4) is 0 Å². The molecule has 0 heterocycles. The molecule has 3 N–H and O–H groups in total. The van der Waals surface area contributed by atoms with Crippen LogP contribution in [0.1, 0.15) is 81.9 Å². The van der Waals surface area contributed by atoms with Crippen LogP contribution >= 0.6 is 0 Å². The summed E-state index contributed by atoms with van der Waals surface area (Å²) in [6.45, 7) is 5.18. The molecule has 216 valence electrons. The molecule has 2 atom stereocenters. The van der Waals surface area contributed by atoms with E-state index in [0.717, 1.165) is 42.4 Å². The molecule has 2 amide bonds. The summed E-state index contributed by atoms with van der Waals surface area (Å²) in [4.78, 5) is 50.4. The highest BCUT2D eigenvalue weighted by molar-refractivity contribution is 5.89. The van der Waals surface area contributed by atoms with Gasteiger partial charge in [0.15, 0.2) is 0 Å². The molecule has 9 nitrogen and oxygen atoms in total. The molecule has 0 aromatic heterocycles. The quantitative estimate of drug-likeness (QED) is 0.320. The number of esters is 1. The normalized spacial score (nSPS) is 15.1. The Kier molecular flexibility index (Phi) is 11.1. The van der Waals surface area contributed by atoms with Crippen LogP contribution in [0.4, 0.5) is 4.79 Å². The molecule has 1 saturated carbocycles. The molecule has 40 heavy (non-hydrogen) atoms. The number of hydrogen-bond acceptors (Lipinski definition) is 6. The second-order valence-electron chi connectivity index (χ2n) is 11.2. The zero-order valence-corrected chi connectivity index (χ0v) is 23.5. The highest BCUT2D eigenvalue weighted by Crippen LogP contribution is 2.36. The van der Waals surface area contributed by atoms with Gasteiger partial charge in [0.2, 0.25) is 5.91 Å². The second-order valence-corrected chi connectivity index (χ2v) is 11.2. The molecule has 0 aliphatic heterocycles. The van der Waals surface area contributed by atoms with Crippen LogP contribution in [0.15, 0.2) is 54.6 Å². The van der Waals surface area contributed by atoms with Crippen molar-refractivity contribution in [2.24, 2.45) is 0 Å². The minimum absolute atomic E-state index is 0.0111. The lowest BCUT2D eigenvalue weighted by molar-refractivity contribution is -0.155. The number of carbonyl (C=O) groups excluding carboxylic acids is 3. The van der Waals surface area contributed by atoms with Gasteiger partial charge in [-0.05, 0) is 62.6 Å². The first-order valence-electron chi connectivity index (χ1n) is 13.8. The number of aliphatic carboxylic acids is 1. The molecule has 1 aliphatic carbocycles. The van der Waals surface area contributed by atoms with Gasteiger partial charge in [0.05, 0.1) is 0 Å². The largest absolute Gasteiger partial charge is 0.480 e. The van der Waals surface area contributed by atoms with Gasteiger partial charge in [-0.2, -0.15) is 0 Å². The van der Waals surface area contributed by atoms with Crippen LogP contribution in [-0.2, 0) is 36.9 Å². The van der Waals surface area contributed by atoms with Gasteiger partial charge in [-0.3, -0.25) is 9.59 Å². The molecule has 1 aliphatic rings. The Morgan fingerprint density at radius 3 is 2.23 bits per heavy atom. The van der Waals surface area contributed by atoms with Crippen molar-refractivity contribution in [2.75, 3.05) is 0 Å². The summed E-state index contributed by atoms with van der Waals surface area (Å²) in [5.74, 6) is -2.06. The zero-order valence-electron chi connectivity index (χ0n) is 23.5. The molecule has 2 aromatic carbocycles. The molecule has 0 saturated heterocycles. The Morgan fingerprint density at radius 2 is 1.57 bits per heavy atom. The van der Waals surface area contributed by atoms with Gasteiger partial charge in [0.25, 0.3) is 0 Å². The standard InChI is InChI=1S/C31H40N2O7/c1-31(2,3)40-27(34)18-17-25(33-30(38)39-20-21-11-5-4-6-12-21)28(35)32-26(29(36)37)19-23-15-9-10-16-24(23)22-13-7-8-14-22/h4-6,9-12,15-16,22,25-26H,7-8,13-14,17-20H2,1-3H3,(H,32,35)(H,33,38)(H,36,37)/t25-,26-/m0/s1. The second kappa shape index (κ2) is 14.5. The number of ether oxygens (including phenoxy) is 2. The lowest BCUT2D eigenvalue weighted by Gasteiger charge is -2.24. The van der Waals surface area contributed by atoms with Gasteiger partial charge in [0, 0.05) is 12.8 Å². The average molecular weight is 553 g/mol. The Hall–Kier alpha value is -3.88. The summed E-state index contributed by atoms with van der Waals surface area (Å²) in [6.07, 6.45) is 3.40. The first kappa shape index (κ1) is 30.7. The van der Waals surface area contributed by atoms with Gasteiger partial charge in [-0.25, -0.2) is 9.59 Å². The van der Waals surface area contributed by atoms with Crippen molar-refractivity contribution >= 4 is 23.9 Å². The first-order chi connectivity index (χ1) is 19.0. The molecular weight excluding hydrogens is 512 g/mol. The number of hydrogen-bond donors (Lipinski definition) is 3. The van der Waals surface area contributed by atoms with Gasteiger partial charge >= 0.3 is 18.0 Å². The molecule has 2 aromatic rings. The highest BCUT2D eigenvalue weighted by Gasteiger charge is 2.30. The fourth-order valence-electron chi connectivity index (χ4n) is 4.88. The van der Waals surface area contributed by atoms with Crippen LogP contribution in [0.3, 0.4) is 0 Å². The molecule has 0 unspecified atom stereocenters. The minimum Gasteiger partial charge on any atom is -0.480 e. The van der Waals surface area contributed by atoms with E-state index in [1.165, 1.54) is 0 Å². The minimum atomic E-state index is -1.22. The van der Waals surface area contributed by atoms with E-state index in [-0.39, 0.29) is 25.9 Å². The van der Waals surface area contributed by atoms with Crippen molar-refractivity contribution in [3.05, 3.63) is 71.3 Å². The summed E-state index contributed by atoms with van der Waals surface area (Å²) >= 11 is 0. The van der Waals surface area contributed by atoms with Crippen LogP contribution in [0.5, 0.6) is 0 Å². The predicted molar refractivity (Wildman–Crippen MR) is 150 cm³/mol. The zero-order chi connectivity index (χ0) is 29.1. The molecule has 1 fully saturated rings. The van der Waals surface area contributed by atoms with Gasteiger partial charge in [-0.15, -0.1) is 0 Å². The molecule has 0 spiro atoms. The fraction of sp³-hybridized carbons (Fsp3) is 0.484. The molecule has 3 rings (SSSR count). The monoisotopic (exact) mass is 552 g/mol. The van der Waals surface area contributed by atoms with Gasteiger partial charge in [-0.1, -0.05) is 67.4 Å². The van der Waals surface area contributed by atoms with E-state index in [9.17, 15) is 24.3 Å². The number of benzene rings is 2. The number of amides is 2. The van der Waals surface area contributed by atoms with E-state index < -0.39 is 41.6 Å². The number of alkyl carbamates (subject to hydrolysis) is 1. The smallest absolute Gasteiger partial charge is 0.408 e. The van der Waals surface area contributed by atoms with E-state index in [1.54, 1.807) is 32.9 Å². The van der Waals surface area contributed by atoms with Crippen LogP contribution < -0.4 is 10.6 Å². The number of carbonyl (C=O) groups is 4. The number of nitrogens with one attached hydrogen (secondary N) is 2. The topological polar surface area (TPSA) is 131 Å². The third kappa shape index (κ3) is 10.0. The molecule has 9 heteroatoms. The Morgan fingerprint density at radius 1 is 0.925 bits per heavy atom. The molecule has 0 bridgehead atoms. The summed E-state index contributed by atoms with van der Waals surface area (Å²) in [6, 6.07) is 14.4. The lowest BCUT2D eigenvalue weighted by atomic mass is 9.90. The Labute approximate surface area is 235 Å². The SMILES string of the molecule is CC(C)(C)OC(=O)CC[C@H](NC(=O)OCc1ccccc1)C(=O)N[C@@H](Cc1ccccc1C1CCCC1)C(=O)O. The highest BCUT2D eigenvalue weighted by atomic mass is 16.6. The average Bonchev–Trinajstić information content (AvgIpc) is 3.44. The third-order valence-electron chi connectivity index (χ3n) is 6.77. The number of carboxylic acids is 1. The maximum absolute atomic E-state index is 13.3. The van der Waals surface area contributed by atoms with Crippen molar-refractivity contribution in [1.29, 1.82) is 0 Å². The van der Waals surface area contributed by atoms with Crippen molar-refractivity contribution in [2.45, 2.75) is 95.9 Å². The number of rotatable bonds is 12. The van der Waals surface area contributed by atoms with Crippen molar-refractivity contribution in [1.82, 2.24) is 10.6 Å². The summed E-state index contributed by atoms with van der Waals surface area (Å²) < 4.78 is 10.6. The predicted octanol–water partition coefficient (Wildman–Crippen LogP) is 4.87. The maximum atomic E-state index is 13.3. The van der Waals surface area contributed by atoms with Gasteiger partial charge in [0.1, 0.15) is 24.3 Å². The maximum Gasteiger partial charge on any atom is 0.408 e. The van der Waals surface area contributed by atoms with Crippen LogP contribution in [-0.4, -0.2) is 46.7 Å². The third-order valence-corrected chi connectivity index (χ3v) is 6.77. The summed E-state index contributed by atoms with van der Waals surface area (Å²) in [7, 11) is 0. The van der Waals surface area contributed by atoms with Crippen LogP contribution in [0.2, 0.25) is 0 Å².